The van der Waals surface area contributed by atoms with Crippen LogP contribution in [0.4, 0.5) is 26.3 Å². The lowest BCUT2D eigenvalue weighted by Gasteiger charge is -2.21. The van der Waals surface area contributed by atoms with Gasteiger partial charge in [-0.15, -0.1) is 33.9 Å². The second-order valence-electron chi connectivity index (χ2n) is 10.9. The minimum Gasteiger partial charge on any atom is -0.491 e. The van der Waals surface area contributed by atoms with Crippen LogP contribution in [-0.2, 0) is 6.42 Å². The number of carbonyl (C=O) groups is 1. The maximum absolute atomic E-state index is 14.6. The summed E-state index contributed by atoms with van der Waals surface area (Å²) in [6, 6.07) is 14.5. The molecule has 0 radical (unpaired) electrons. The van der Waals surface area contributed by atoms with Crippen LogP contribution >= 0.6 is 22.7 Å². The van der Waals surface area contributed by atoms with E-state index < -0.39 is 11.8 Å². The number of carboxylic acid groups (broad SMARTS) is 1. The zero-order chi connectivity index (χ0) is 33.9. The molecule has 5 aromatic rings. The lowest BCUT2D eigenvalue weighted by molar-refractivity contribution is 0.0690. The first-order valence-electron chi connectivity index (χ1n) is 15.7. The molecule has 12 heteroatoms. The number of aromatic nitrogens is 4. The summed E-state index contributed by atoms with van der Waals surface area (Å²) in [5.74, 6) is 8.26. The van der Waals surface area contributed by atoms with Crippen LogP contribution in [-0.4, -0.2) is 44.4 Å². The molecular formula is C36H35FN6O3S2. The molecule has 0 bridgehead atoms. The van der Waals surface area contributed by atoms with E-state index in [2.05, 4.69) is 43.2 Å². The van der Waals surface area contributed by atoms with Crippen LogP contribution in [0.2, 0.25) is 0 Å². The molecule has 0 aliphatic rings. The van der Waals surface area contributed by atoms with Crippen LogP contribution in [0.5, 0.6) is 5.75 Å². The van der Waals surface area contributed by atoms with Gasteiger partial charge in [0.2, 0.25) is 0 Å². The Morgan fingerprint density at radius 2 is 1.94 bits per heavy atom. The van der Waals surface area contributed by atoms with Crippen molar-refractivity contribution in [3.8, 4) is 29.9 Å². The van der Waals surface area contributed by atoms with E-state index in [4.69, 9.17) is 11.2 Å². The number of aryl methyl sites for hydroxylation is 2. The molecule has 0 saturated heterocycles. The minimum atomic E-state index is -1.12. The fourth-order valence-corrected chi connectivity index (χ4v) is 6.74. The lowest BCUT2D eigenvalue weighted by Crippen LogP contribution is -2.20. The largest absolute Gasteiger partial charge is 0.491 e. The Bertz CT molecular complexity index is 1960. The number of anilines is 4. The highest BCUT2D eigenvalue weighted by molar-refractivity contribution is 7.22. The summed E-state index contributed by atoms with van der Waals surface area (Å²) in [6.07, 6.45) is 10.2. The van der Waals surface area contributed by atoms with Gasteiger partial charge in [-0.25, -0.2) is 19.2 Å². The Kier molecular flexibility index (Phi) is 11.9. The van der Waals surface area contributed by atoms with Gasteiger partial charge in [0.05, 0.1) is 16.8 Å². The van der Waals surface area contributed by atoms with Gasteiger partial charge in [-0.2, -0.15) is 0 Å². The fraction of sp³-hybridized carbons (Fsp3) is 0.306. The minimum absolute atomic E-state index is 0.0244. The van der Waals surface area contributed by atoms with Gasteiger partial charge in [0, 0.05) is 29.8 Å². The summed E-state index contributed by atoms with van der Waals surface area (Å²) in [5.41, 5.74) is 2.32. The Morgan fingerprint density at radius 3 is 2.69 bits per heavy atom. The van der Waals surface area contributed by atoms with Gasteiger partial charge >= 0.3 is 5.97 Å². The van der Waals surface area contributed by atoms with E-state index in [1.807, 2.05) is 49.1 Å². The van der Waals surface area contributed by atoms with Gasteiger partial charge in [0.25, 0.3) is 0 Å². The highest BCUT2D eigenvalue weighted by Gasteiger charge is 2.23. The first-order chi connectivity index (χ1) is 23.4. The smallest absolute Gasteiger partial charge is 0.355 e. The molecular weight excluding hydrogens is 648 g/mol. The van der Waals surface area contributed by atoms with E-state index in [1.165, 1.54) is 28.7 Å². The van der Waals surface area contributed by atoms with Crippen LogP contribution in [0, 0.1) is 36.9 Å². The number of unbranched alkanes of at least 4 members (excludes halogenated alkanes) is 3. The van der Waals surface area contributed by atoms with Crippen molar-refractivity contribution in [1.82, 2.24) is 20.2 Å². The average molecular weight is 683 g/mol. The second kappa shape index (κ2) is 16.7. The van der Waals surface area contributed by atoms with E-state index in [9.17, 15) is 14.3 Å². The number of nitrogens with zero attached hydrogens (tertiary/aromatic N) is 5. The Balaban J connectivity index is 1.30. The van der Waals surface area contributed by atoms with Crippen molar-refractivity contribution < 1.29 is 19.0 Å². The molecule has 48 heavy (non-hydrogen) atoms. The summed E-state index contributed by atoms with van der Waals surface area (Å²) in [4.78, 5) is 23.8. The average Bonchev–Trinajstić information content (AvgIpc) is 3.69. The van der Waals surface area contributed by atoms with Crippen molar-refractivity contribution >= 4 is 60.8 Å². The summed E-state index contributed by atoms with van der Waals surface area (Å²) < 4.78 is 21.3. The van der Waals surface area contributed by atoms with E-state index in [1.54, 1.807) is 12.1 Å². The molecule has 0 amide bonds. The molecule has 2 N–H and O–H groups in total. The first-order valence-corrected chi connectivity index (χ1v) is 17.3. The number of hydrogen-bond acceptors (Lipinski definition) is 10. The van der Waals surface area contributed by atoms with Crippen LogP contribution in [0.15, 0.2) is 48.5 Å². The molecule has 0 aliphatic carbocycles. The van der Waals surface area contributed by atoms with Gasteiger partial charge in [-0.3, -0.25) is 0 Å². The zero-order valence-electron chi connectivity index (χ0n) is 26.8. The number of para-hydroxylation sites is 1. The van der Waals surface area contributed by atoms with E-state index in [0.29, 0.717) is 58.1 Å². The number of hydrogen-bond donors (Lipinski definition) is 2. The molecule has 0 unspecified atom stereocenters. The van der Waals surface area contributed by atoms with Gasteiger partial charge in [-0.05, 0) is 81.0 Å². The van der Waals surface area contributed by atoms with Crippen LogP contribution in [0.1, 0.15) is 71.9 Å². The number of fused-ring (bicyclic) bond motifs is 1. The number of thiazole rings is 2. The number of carboxylic acids is 1. The Morgan fingerprint density at radius 1 is 1.08 bits per heavy atom. The SMILES string of the molecule is C#CCCCCN(c1cc(C)c(Nc2nc3ccccc3s2)nn1)c1nc(C(=O)O)c(CCCOc2ccc(C#CCCC)cc2F)s1. The van der Waals surface area contributed by atoms with Crippen LogP contribution < -0.4 is 15.0 Å². The van der Waals surface area contributed by atoms with Gasteiger partial charge in [0.15, 0.2) is 39.2 Å². The van der Waals surface area contributed by atoms with Gasteiger partial charge in [-0.1, -0.05) is 42.2 Å². The number of terminal acetylenes is 1. The third-order valence-electron chi connectivity index (χ3n) is 7.19. The van der Waals surface area contributed by atoms with Gasteiger partial charge < -0.3 is 20.1 Å². The maximum atomic E-state index is 14.6. The summed E-state index contributed by atoms with van der Waals surface area (Å²) >= 11 is 2.82. The topological polar surface area (TPSA) is 113 Å². The van der Waals surface area contributed by atoms with Crippen molar-refractivity contribution in [2.45, 2.75) is 58.8 Å². The van der Waals surface area contributed by atoms with Crippen molar-refractivity contribution in [1.29, 1.82) is 0 Å². The number of halogens is 1. The highest BCUT2D eigenvalue weighted by Crippen LogP contribution is 2.34. The van der Waals surface area contributed by atoms with E-state index >= 15 is 0 Å². The summed E-state index contributed by atoms with van der Waals surface area (Å²) in [7, 11) is 0. The standard InChI is InChI=1S/C36H35FN6O3S2/c1-4-6-8-12-20-43(31-22-24(3)33(42-41-31)40-35-38-27-15-10-11-16-29(27)47-35)36-39-32(34(44)45)30(48-36)17-13-21-46-28-19-18-25(23-26(28)37)14-9-7-5-2/h1,10-11,15-16,18-19,22-23H,5-8,12-13,17,20-21H2,2-3H3,(H,44,45)(H,38,40,42). The lowest BCUT2D eigenvalue weighted by atomic mass is 10.2. The number of nitrogens with one attached hydrogen (secondary N) is 1. The van der Waals surface area contributed by atoms with Crippen molar-refractivity contribution in [3.63, 3.8) is 0 Å². The van der Waals surface area contributed by atoms with Crippen molar-refractivity contribution in [3.05, 3.63) is 76.0 Å². The summed E-state index contributed by atoms with van der Waals surface area (Å²) in [6.45, 7) is 4.69. The highest BCUT2D eigenvalue weighted by atomic mass is 32.1. The molecule has 9 nitrogen and oxygen atoms in total. The maximum Gasteiger partial charge on any atom is 0.355 e. The predicted octanol–water partition coefficient (Wildman–Crippen LogP) is 8.54. The van der Waals surface area contributed by atoms with Crippen LogP contribution in [0.3, 0.4) is 0 Å². The predicted molar refractivity (Wildman–Crippen MR) is 190 cm³/mol. The Hall–Kier alpha value is -5.04. The molecule has 3 aromatic heterocycles. The summed E-state index contributed by atoms with van der Waals surface area (Å²) in [5, 5.41) is 23.4. The van der Waals surface area contributed by atoms with Crippen molar-refractivity contribution in [2.75, 3.05) is 23.4 Å². The van der Waals surface area contributed by atoms with Crippen LogP contribution in [0.25, 0.3) is 10.2 Å². The molecule has 0 atom stereocenters. The Labute approximate surface area is 287 Å². The molecule has 5 rings (SSSR count). The monoisotopic (exact) mass is 682 g/mol. The fourth-order valence-electron chi connectivity index (χ4n) is 4.75. The van der Waals surface area contributed by atoms with Crippen molar-refractivity contribution in [2.24, 2.45) is 0 Å². The quantitative estimate of drug-likeness (QED) is 0.0829. The molecule has 0 aliphatic heterocycles. The zero-order valence-corrected chi connectivity index (χ0v) is 28.4. The number of rotatable bonds is 15. The van der Waals surface area contributed by atoms with E-state index in [-0.39, 0.29) is 18.1 Å². The normalized spacial score (nSPS) is 10.7. The molecule has 3 heterocycles. The number of aromatic carboxylic acids is 1. The van der Waals surface area contributed by atoms with E-state index in [0.717, 1.165) is 41.5 Å². The molecule has 0 spiro atoms. The molecule has 0 saturated carbocycles. The molecule has 246 valence electrons. The third kappa shape index (κ3) is 8.85. The molecule has 2 aromatic carbocycles. The number of benzene rings is 2. The first kappa shape index (κ1) is 34.3. The molecule has 0 fully saturated rings. The second-order valence-corrected chi connectivity index (χ2v) is 13.0. The third-order valence-corrected chi connectivity index (χ3v) is 9.28. The number of ether oxygens (including phenoxy) is 1. The van der Waals surface area contributed by atoms with Gasteiger partial charge in [0.1, 0.15) is 0 Å².